The average Bonchev–Trinajstić information content (AvgIpc) is 3.41. The van der Waals surface area contributed by atoms with Crippen LogP contribution in [0.5, 0.6) is 0 Å². The number of thioether (sulfide) groups is 1. The van der Waals surface area contributed by atoms with Crippen LogP contribution in [-0.4, -0.2) is 25.9 Å². The zero-order valence-corrected chi connectivity index (χ0v) is 19.3. The number of aromatic nitrogens is 3. The van der Waals surface area contributed by atoms with E-state index in [2.05, 4.69) is 20.9 Å². The first kappa shape index (κ1) is 22.1. The molecule has 7 nitrogen and oxygen atoms in total. The first-order valence-electron chi connectivity index (χ1n) is 9.56. The number of rotatable bonds is 6. The van der Waals surface area contributed by atoms with Crippen molar-refractivity contribution in [1.82, 2.24) is 20.2 Å². The number of carbonyl (C=O) groups excluding carboxylic acids is 1. The van der Waals surface area contributed by atoms with E-state index in [0.717, 1.165) is 16.9 Å². The Morgan fingerprint density at radius 2 is 1.84 bits per heavy atom. The minimum Gasteiger partial charge on any atom is -0.451 e. The van der Waals surface area contributed by atoms with E-state index in [4.69, 9.17) is 28.2 Å². The topological polar surface area (TPSA) is 85.0 Å². The molecule has 0 atom stereocenters. The number of aryl methyl sites for hydroxylation is 1. The standard InChI is InChI=1S/C22H18ClN5O2S2/c1-14-25-26-22(32-13-15-5-3-2-4-6-15)28(14)27-21(31)24-20(29)19-12-11-18(30-19)16-7-9-17(23)10-8-16/h2-12H,13H2,1H3,(H2,24,27,29,31). The Kier molecular flexibility index (Phi) is 6.89. The monoisotopic (exact) mass is 483 g/mol. The molecule has 2 heterocycles. The maximum atomic E-state index is 12.6. The van der Waals surface area contributed by atoms with Gasteiger partial charge in [-0.05, 0) is 61.1 Å². The van der Waals surface area contributed by atoms with Crippen molar-refractivity contribution in [2.45, 2.75) is 17.8 Å². The summed E-state index contributed by atoms with van der Waals surface area (Å²) in [5, 5.41) is 12.2. The number of amides is 1. The van der Waals surface area contributed by atoms with Crippen LogP contribution in [0.1, 0.15) is 21.9 Å². The summed E-state index contributed by atoms with van der Waals surface area (Å²) >= 11 is 12.7. The highest BCUT2D eigenvalue weighted by atomic mass is 35.5. The van der Waals surface area contributed by atoms with Crippen LogP contribution in [0, 0.1) is 6.92 Å². The van der Waals surface area contributed by atoms with Crippen molar-refractivity contribution >= 4 is 46.6 Å². The Morgan fingerprint density at radius 3 is 2.59 bits per heavy atom. The number of furan rings is 1. The molecule has 1 amide bonds. The molecule has 0 fully saturated rings. The first-order chi connectivity index (χ1) is 15.5. The molecule has 2 aromatic carbocycles. The summed E-state index contributed by atoms with van der Waals surface area (Å²) in [5.41, 5.74) is 4.93. The number of nitrogens with zero attached hydrogens (tertiary/aromatic N) is 3. The molecule has 0 bridgehead atoms. The highest BCUT2D eigenvalue weighted by Crippen LogP contribution is 2.24. The molecule has 0 spiro atoms. The van der Waals surface area contributed by atoms with Crippen LogP contribution in [0.25, 0.3) is 11.3 Å². The largest absolute Gasteiger partial charge is 0.451 e. The summed E-state index contributed by atoms with van der Waals surface area (Å²) < 4.78 is 7.30. The third-order valence-electron chi connectivity index (χ3n) is 4.40. The Bertz CT molecular complexity index is 1240. The molecule has 4 rings (SSSR count). The second-order valence-corrected chi connectivity index (χ2v) is 8.49. The summed E-state index contributed by atoms with van der Waals surface area (Å²) in [5.74, 6) is 1.56. The lowest BCUT2D eigenvalue weighted by Crippen LogP contribution is -2.38. The van der Waals surface area contributed by atoms with E-state index in [1.807, 2.05) is 42.5 Å². The summed E-state index contributed by atoms with van der Waals surface area (Å²) in [6.07, 6.45) is 0. The summed E-state index contributed by atoms with van der Waals surface area (Å²) in [7, 11) is 0. The van der Waals surface area contributed by atoms with E-state index < -0.39 is 5.91 Å². The van der Waals surface area contributed by atoms with Crippen molar-refractivity contribution in [3.8, 4) is 11.3 Å². The summed E-state index contributed by atoms with van der Waals surface area (Å²) in [6.45, 7) is 1.79. The molecular weight excluding hydrogens is 466 g/mol. The van der Waals surface area contributed by atoms with E-state index in [1.165, 1.54) is 11.8 Å². The maximum absolute atomic E-state index is 12.6. The van der Waals surface area contributed by atoms with Crippen LogP contribution >= 0.6 is 35.6 Å². The number of benzene rings is 2. The molecule has 0 aliphatic heterocycles. The van der Waals surface area contributed by atoms with Gasteiger partial charge in [-0.2, -0.15) is 0 Å². The van der Waals surface area contributed by atoms with Crippen molar-refractivity contribution in [3.05, 3.63) is 88.9 Å². The van der Waals surface area contributed by atoms with Gasteiger partial charge in [0.05, 0.1) is 0 Å². The van der Waals surface area contributed by atoms with Gasteiger partial charge in [0.15, 0.2) is 10.9 Å². The van der Waals surface area contributed by atoms with Crippen LogP contribution in [0.15, 0.2) is 76.3 Å². The van der Waals surface area contributed by atoms with Crippen LogP contribution in [0.3, 0.4) is 0 Å². The molecule has 2 N–H and O–H groups in total. The Hall–Kier alpha value is -3.14. The quantitative estimate of drug-likeness (QED) is 0.293. The van der Waals surface area contributed by atoms with Gasteiger partial charge in [-0.15, -0.1) is 10.2 Å². The minimum atomic E-state index is -0.466. The van der Waals surface area contributed by atoms with Gasteiger partial charge in [0, 0.05) is 16.3 Å². The fourth-order valence-electron chi connectivity index (χ4n) is 2.81. The lowest BCUT2D eigenvalue weighted by atomic mass is 10.2. The smallest absolute Gasteiger partial charge is 0.293 e. The van der Waals surface area contributed by atoms with E-state index in [0.29, 0.717) is 21.8 Å². The highest BCUT2D eigenvalue weighted by Gasteiger charge is 2.16. The van der Waals surface area contributed by atoms with Gasteiger partial charge in [0.2, 0.25) is 5.16 Å². The lowest BCUT2D eigenvalue weighted by molar-refractivity contribution is 0.0951. The van der Waals surface area contributed by atoms with Gasteiger partial charge in [-0.1, -0.05) is 53.7 Å². The van der Waals surface area contributed by atoms with E-state index >= 15 is 0 Å². The second-order valence-electron chi connectivity index (χ2n) is 6.71. The second kappa shape index (κ2) is 9.99. The zero-order valence-electron chi connectivity index (χ0n) is 16.9. The molecule has 4 aromatic rings. The number of hydrogen-bond acceptors (Lipinski definition) is 6. The molecule has 0 saturated carbocycles. The number of nitrogens with one attached hydrogen (secondary N) is 2. The molecule has 0 aliphatic rings. The van der Waals surface area contributed by atoms with E-state index in [1.54, 1.807) is 35.9 Å². The van der Waals surface area contributed by atoms with Gasteiger partial charge in [0.1, 0.15) is 11.6 Å². The van der Waals surface area contributed by atoms with Gasteiger partial charge in [-0.3, -0.25) is 15.5 Å². The van der Waals surface area contributed by atoms with E-state index in [9.17, 15) is 4.79 Å². The van der Waals surface area contributed by atoms with Crippen molar-refractivity contribution in [3.63, 3.8) is 0 Å². The molecule has 0 radical (unpaired) electrons. The lowest BCUT2D eigenvalue weighted by Gasteiger charge is -2.12. The zero-order chi connectivity index (χ0) is 22.5. The van der Waals surface area contributed by atoms with Crippen molar-refractivity contribution in [1.29, 1.82) is 0 Å². The van der Waals surface area contributed by atoms with Crippen LogP contribution in [0.2, 0.25) is 5.02 Å². The average molecular weight is 484 g/mol. The number of halogens is 1. The fourth-order valence-corrected chi connectivity index (χ4v) is 4.01. The first-order valence-corrected chi connectivity index (χ1v) is 11.3. The maximum Gasteiger partial charge on any atom is 0.293 e. The fraction of sp³-hybridized carbons (Fsp3) is 0.0909. The molecule has 0 aliphatic carbocycles. The van der Waals surface area contributed by atoms with Crippen LogP contribution < -0.4 is 10.7 Å². The van der Waals surface area contributed by atoms with Gasteiger partial charge >= 0.3 is 0 Å². The predicted molar refractivity (Wildman–Crippen MR) is 129 cm³/mol. The SMILES string of the molecule is Cc1nnc(SCc2ccccc2)n1NC(=S)NC(=O)c1ccc(-c2ccc(Cl)cc2)o1. The van der Waals surface area contributed by atoms with Crippen LogP contribution in [-0.2, 0) is 5.75 Å². The Labute approximate surface area is 199 Å². The Morgan fingerprint density at radius 1 is 1.09 bits per heavy atom. The van der Waals surface area contributed by atoms with Gasteiger partial charge in [0.25, 0.3) is 5.91 Å². The third-order valence-corrected chi connectivity index (χ3v) is 5.85. The van der Waals surface area contributed by atoms with Crippen LogP contribution in [0.4, 0.5) is 0 Å². The molecule has 0 unspecified atom stereocenters. The number of hydrogen-bond donors (Lipinski definition) is 2. The van der Waals surface area contributed by atoms with Crippen molar-refractivity contribution in [2.24, 2.45) is 0 Å². The van der Waals surface area contributed by atoms with Crippen molar-refractivity contribution in [2.75, 3.05) is 5.43 Å². The summed E-state index contributed by atoms with van der Waals surface area (Å²) in [6, 6.07) is 20.5. The van der Waals surface area contributed by atoms with Gasteiger partial charge in [-0.25, -0.2) is 4.68 Å². The molecule has 2 aromatic heterocycles. The number of thiocarbonyl (C=S) groups is 1. The summed E-state index contributed by atoms with van der Waals surface area (Å²) in [4.78, 5) is 12.6. The number of carbonyl (C=O) groups is 1. The third kappa shape index (κ3) is 5.37. The molecule has 0 saturated heterocycles. The predicted octanol–water partition coefficient (Wildman–Crippen LogP) is 5.05. The minimum absolute atomic E-state index is 0.101. The Balaban J connectivity index is 1.38. The molecule has 162 valence electrons. The highest BCUT2D eigenvalue weighted by molar-refractivity contribution is 7.98. The van der Waals surface area contributed by atoms with Crippen molar-refractivity contribution < 1.29 is 9.21 Å². The molecule has 10 heteroatoms. The normalized spacial score (nSPS) is 10.7. The molecule has 32 heavy (non-hydrogen) atoms. The molecular formula is C22H18ClN5O2S2. The van der Waals surface area contributed by atoms with E-state index in [-0.39, 0.29) is 10.9 Å². The van der Waals surface area contributed by atoms with Gasteiger partial charge < -0.3 is 4.42 Å².